The third-order valence-electron chi connectivity index (χ3n) is 0.753. The van der Waals surface area contributed by atoms with Crippen LogP contribution >= 0.6 is 0 Å². The number of rotatable bonds is 3. The van der Waals surface area contributed by atoms with Crippen molar-refractivity contribution in [1.82, 2.24) is 0 Å². The third kappa shape index (κ3) is 3.52. The average molecular weight is 170 g/mol. The van der Waals surface area contributed by atoms with E-state index < -0.39 is 23.5 Å². The minimum Gasteiger partial charge on any atom is -0.467 e. The Morgan fingerprint density at radius 3 is 2.50 bits per heavy atom. The van der Waals surface area contributed by atoms with Crippen LogP contribution in [0.4, 0.5) is 3.89 Å². The van der Waals surface area contributed by atoms with E-state index in [1.54, 1.807) is 0 Å². The van der Waals surface area contributed by atoms with Crippen LogP contribution in [0.5, 0.6) is 0 Å². The Bertz CT molecular complexity index is 148. The van der Waals surface area contributed by atoms with Crippen LogP contribution in [0, 0.1) is 0 Å². The summed E-state index contributed by atoms with van der Waals surface area (Å²) in [5.41, 5.74) is 0. The second-order valence-electron chi connectivity index (χ2n) is 1.46. The van der Waals surface area contributed by atoms with Crippen molar-refractivity contribution in [3.63, 3.8) is 0 Å². The lowest BCUT2D eigenvalue weighted by molar-refractivity contribution is -0.147. The van der Waals surface area contributed by atoms with Crippen molar-refractivity contribution in [2.45, 2.75) is 13.0 Å². The molecule has 0 rings (SSSR count). The molecule has 0 bridgehead atoms. The molecule has 4 nitrogen and oxygen atoms in total. The maximum absolute atomic E-state index is 11.5. The number of ether oxygens (including phenoxy) is 1. The van der Waals surface area contributed by atoms with Gasteiger partial charge in [0.05, 0.1) is 7.11 Å². The second-order valence-corrected chi connectivity index (χ2v) is 2.04. The van der Waals surface area contributed by atoms with Gasteiger partial charge in [-0.3, -0.25) is 4.18 Å². The summed E-state index contributed by atoms with van der Waals surface area (Å²) < 4.78 is 29.3. The zero-order chi connectivity index (χ0) is 8.15. The van der Waals surface area contributed by atoms with Crippen LogP contribution in [0.3, 0.4) is 0 Å². The summed E-state index contributed by atoms with van der Waals surface area (Å²) in [5, 5.41) is 0. The molecule has 1 unspecified atom stereocenters. The van der Waals surface area contributed by atoms with E-state index in [1.807, 2.05) is 0 Å². The van der Waals surface area contributed by atoms with Gasteiger partial charge < -0.3 is 4.74 Å². The number of hydrogen-bond donors (Lipinski definition) is 0. The van der Waals surface area contributed by atoms with Gasteiger partial charge in [-0.15, -0.1) is 3.89 Å². The van der Waals surface area contributed by atoms with Crippen LogP contribution in [0.25, 0.3) is 0 Å². The third-order valence-corrected chi connectivity index (χ3v) is 1.19. The lowest BCUT2D eigenvalue weighted by atomic mass is 10.4. The van der Waals surface area contributed by atoms with Crippen molar-refractivity contribution in [3.8, 4) is 0 Å². The van der Waals surface area contributed by atoms with E-state index in [1.165, 1.54) is 6.92 Å². The minimum absolute atomic E-state index is 0.758. The Labute approximate surface area is 60.3 Å². The highest BCUT2D eigenvalue weighted by Gasteiger charge is 2.16. The molecule has 0 saturated carbocycles. The lowest BCUT2D eigenvalue weighted by Gasteiger charge is -2.04. The quantitative estimate of drug-likeness (QED) is 0.445. The molecule has 0 aromatic heterocycles. The highest BCUT2D eigenvalue weighted by atomic mass is 32.2. The number of carbonyl (C=O) groups excluding carboxylic acids is 1. The van der Waals surface area contributed by atoms with Gasteiger partial charge in [-0.2, -0.15) is 4.21 Å². The van der Waals surface area contributed by atoms with Gasteiger partial charge >= 0.3 is 17.4 Å². The van der Waals surface area contributed by atoms with Gasteiger partial charge in [0, 0.05) is 0 Å². The van der Waals surface area contributed by atoms with Gasteiger partial charge in [0.1, 0.15) is 0 Å². The van der Waals surface area contributed by atoms with Crippen molar-refractivity contribution >= 4 is 17.4 Å². The van der Waals surface area contributed by atoms with E-state index in [-0.39, 0.29) is 0 Å². The number of halogens is 1. The van der Waals surface area contributed by atoms with Crippen molar-refractivity contribution < 1.29 is 21.8 Å². The minimum atomic E-state index is -2.92. The standard InChI is InChI=1S/C4H7FO4S/c1-3(4(6)8-2)9-10(5)7/h3H,1-2H3/t3-,10?/m0/s1. The lowest BCUT2D eigenvalue weighted by Crippen LogP contribution is -2.21. The fourth-order valence-electron chi connectivity index (χ4n) is 0.319. The molecule has 6 heteroatoms. The first kappa shape index (κ1) is 9.51. The van der Waals surface area contributed by atoms with Gasteiger partial charge in [-0.05, 0) is 6.92 Å². The maximum Gasteiger partial charge on any atom is 0.345 e. The Morgan fingerprint density at radius 1 is 1.70 bits per heavy atom. The maximum atomic E-state index is 11.5. The summed E-state index contributed by atoms with van der Waals surface area (Å²) in [4.78, 5) is 10.4. The van der Waals surface area contributed by atoms with Crippen LogP contribution in [-0.2, 0) is 25.2 Å². The van der Waals surface area contributed by atoms with E-state index in [2.05, 4.69) is 8.92 Å². The first-order valence-electron chi connectivity index (χ1n) is 2.41. The summed E-state index contributed by atoms with van der Waals surface area (Å²) >= 11 is -2.92. The van der Waals surface area contributed by atoms with E-state index in [4.69, 9.17) is 0 Å². The van der Waals surface area contributed by atoms with Crippen LogP contribution in [0.1, 0.15) is 6.92 Å². The number of esters is 1. The molecule has 0 aromatic carbocycles. The monoisotopic (exact) mass is 170 g/mol. The molecule has 0 radical (unpaired) electrons. The molecule has 0 N–H and O–H groups in total. The summed E-state index contributed by atoms with van der Waals surface area (Å²) in [6.07, 6.45) is -1.13. The molecular formula is C4H7FO4S. The number of carbonyl (C=O) groups is 1. The first-order chi connectivity index (χ1) is 4.57. The number of hydrogen-bond acceptors (Lipinski definition) is 4. The van der Waals surface area contributed by atoms with E-state index in [0.29, 0.717) is 0 Å². The highest BCUT2D eigenvalue weighted by molar-refractivity contribution is 7.74. The molecule has 0 saturated heterocycles. The molecule has 0 amide bonds. The van der Waals surface area contributed by atoms with Gasteiger partial charge in [0.2, 0.25) is 0 Å². The van der Waals surface area contributed by atoms with Crippen molar-refractivity contribution in [1.29, 1.82) is 0 Å². The van der Waals surface area contributed by atoms with E-state index in [9.17, 15) is 12.9 Å². The molecule has 10 heavy (non-hydrogen) atoms. The zero-order valence-corrected chi connectivity index (χ0v) is 6.31. The van der Waals surface area contributed by atoms with Crippen molar-refractivity contribution in [2.24, 2.45) is 0 Å². The Balaban J connectivity index is 3.72. The van der Waals surface area contributed by atoms with Crippen LogP contribution in [0.2, 0.25) is 0 Å². The van der Waals surface area contributed by atoms with E-state index >= 15 is 0 Å². The SMILES string of the molecule is COC(=O)[C@H](C)OS(=O)F. The topological polar surface area (TPSA) is 52.6 Å². The van der Waals surface area contributed by atoms with Crippen LogP contribution in [-0.4, -0.2) is 23.4 Å². The van der Waals surface area contributed by atoms with Gasteiger partial charge in [-0.25, -0.2) is 4.79 Å². The Kier molecular flexibility index (Phi) is 4.13. The predicted molar refractivity (Wildman–Crippen MR) is 31.8 cm³/mol. The smallest absolute Gasteiger partial charge is 0.345 e. The molecule has 0 aliphatic heterocycles. The molecule has 0 aliphatic carbocycles. The molecule has 0 spiro atoms. The highest BCUT2D eigenvalue weighted by Crippen LogP contribution is 1.97. The molecule has 0 fully saturated rings. The summed E-state index contributed by atoms with van der Waals surface area (Å²) in [5.74, 6) is -0.758. The molecule has 0 aromatic rings. The first-order valence-corrected chi connectivity index (χ1v) is 3.38. The number of methoxy groups -OCH3 is 1. The van der Waals surface area contributed by atoms with Crippen molar-refractivity contribution in [2.75, 3.05) is 7.11 Å². The molecule has 0 aliphatic rings. The van der Waals surface area contributed by atoms with Crippen LogP contribution in [0.15, 0.2) is 0 Å². The van der Waals surface area contributed by atoms with Gasteiger partial charge in [-0.1, -0.05) is 0 Å². The van der Waals surface area contributed by atoms with E-state index in [0.717, 1.165) is 7.11 Å². The Hall–Kier alpha value is -0.490. The molecule has 0 heterocycles. The van der Waals surface area contributed by atoms with Gasteiger partial charge in [0.15, 0.2) is 6.10 Å². The second kappa shape index (κ2) is 4.35. The fourth-order valence-corrected chi connectivity index (χ4v) is 0.624. The summed E-state index contributed by atoms with van der Waals surface area (Å²) in [6.45, 7) is 1.24. The summed E-state index contributed by atoms with van der Waals surface area (Å²) in [7, 11) is 1.13. The Morgan fingerprint density at radius 2 is 2.20 bits per heavy atom. The largest absolute Gasteiger partial charge is 0.467 e. The normalized spacial score (nSPS) is 15.9. The predicted octanol–water partition coefficient (Wildman–Crippen LogP) is 0.113. The average Bonchev–Trinajstić information content (AvgIpc) is 1.85. The fraction of sp³-hybridized carbons (Fsp3) is 0.750. The molecular weight excluding hydrogens is 163 g/mol. The van der Waals surface area contributed by atoms with Gasteiger partial charge in [0.25, 0.3) is 0 Å². The molecule has 2 atom stereocenters. The summed E-state index contributed by atoms with van der Waals surface area (Å²) in [6, 6.07) is 0. The zero-order valence-electron chi connectivity index (χ0n) is 5.50. The molecule has 60 valence electrons. The van der Waals surface area contributed by atoms with Crippen LogP contribution < -0.4 is 0 Å². The van der Waals surface area contributed by atoms with Crippen molar-refractivity contribution in [3.05, 3.63) is 0 Å².